The predicted molar refractivity (Wildman–Crippen MR) is 121 cm³/mol. The normalized spacial score (nSPS) is 14.2. The van der Waals surface area contributed by atoms with Gasteiger partial charge in [-0.3, -0.25) is 4.79 Å². The molecule has 0 bridgehead atoms. The summed E-state index contributed by atoms with van der Waals surface area (Å²) in [5.41, 5.74) is 3.02. The van der Waals surface area contributed by atoms with Crippen molar-refractivity contribution in [1.82, 2.24) is 9.97 Å². The summed E-state index contributed by atoms with van der Waals surface area (Å²) in [6.45, 7) is 4.11. The highest BCUT2D eigenvalue weighted by Crippen LogP contribution is 2.28. The van der Waals surface area contributed by atoms with E-state index in [0.717, 1.165) is 47.1 Å². The number of fused-ring (bicyclic) bond motifs is 1. The summed E-state index contributed by atoms with van der Waals surface area (Å²) in [7, 11) is 0. The molecule has 1 aliphatic rings. The van der Waals surface area contributed by atoms with Gasteiger partial charge in [0.05, 0.1) is 11.3 Å². The smallest absolute Gasteiger partial charge is 0.234 e. The molecule has 0 atom stereocenters. The molecule has 2 aromatic carbocycles. The van der Waals surface area contributed by atoms with Gasteiger partial charge >= 0.3 is 0 Å². The number of aromatic nitrogens is 2. The number of benzene rings is 2. The number of carbonyl (C=O) groups is 1. The fourth-order valence-electron chi connectivity index (χ4n) is 3.54. The van der Waals surface area contributed by atoms with E-state index in [1.807, 2.05) is 48.5 Å². The molecule has 1 fully saturated rings. The Balaban J connectivity index is 1.49. The van der Waals surface area contributed by atoms with Crippen molar-refractivity contribution in [2.24, 2.45) is 0 Å². The standard InChI is InChI=1S/C23H26N4OS/c1-2-17-10-12-18(13-11-17)24-21(28)16-29-22-19-8-4-5-9-20(19)25-23(26-22)27-14-6-3-7-15-27/h4-5,8-13H,2-3,6-7,14-16H2,1H3,(H,24,28). The average Bonchev–Trinajstić information content (AvgIpc) is 2.78. The van der Waals surface area contributed by atoms with Gasteiger partial charge in [-0.1, -0.05) is 49.0 Å². The molecule has 6 heteroatoms. The van der Waals surface area contributed by atoms with Crippen LogP contribution >= 0.6 is 11.8 Å². The van der Waals surface area contributed by atoms with Crippen molar-refractivity contribution in [3.8, 4) is 0 Å². The number of amides is 1. The van der Waals surface area contributed by atoms with Crippen LogP contribution in [0.25, 0.3) is 10.9 Å². The van der Waals surface area contributed by atoms with E-state index in [1.165, 1.54) is 36.6 Å². The minimum absolute atomic E-state index is 0.0264. The maximum absolute atomic E-state index is 12.5. The molecule has 1 aromatic heterocycles. The number of nitrogens with zero attached hydrogens (tertiary/aromatic N) is 3. The number of para-hydroxylation sites is 1. The summed E-state index contributed by atoms with van der Waals surface area (Å²) in [4.78, 5) is 24.3. The number of hydrogen-bond acceptors (Lipinski definition) is 5. The van der Waals surface area contributed by atoms with E-state index in [1.54, 1.807) is 0 Å². The lowest BCUT2D eigenvalue weighted by Gasteiger charge is -2.27. The average molecular weight is 407 g/mol. The molecular weight excluding hydrogens is 380 g/mol. The highest BCUT2D eigenvalue weighted by molar-refractivity contribution is 8.00. The molecule has 1 aliphatic heterocycles. The number of nitrogens with one attached hydrogen (secondary N) is 1. The van der Waals surface area contributed by atoms with Crippen LogP contribution in [0, 0.1) is 0 Å². The Morgan fingerprint density at radius 2 is 1.79 bits per heavy atom. The second-order valence-electron chi connectivity index (χ2n) is 7.28. The monoisotopic (exact) mass is 406 g/mol. The van der Waals surface area contributed by atoms with E-state index in [0.29, 0.717) is 5.75 Å². The third kappa shape index (κ3) is 4.88. The molecule has 2 heterocycles. The quantitative estimate of drug-likeness (QED) is 0.465. The van der Waals surface area contributed by atoms with Crippen molar-refractivity contribution in [3.63, 3.8) is 0 Å². The fourth-order valence-corrected chi connectivity index (χ4v) is 4.35. The van der Waals surface area contributed by atoms with Gasteiger partial charge in [0.25, 0.3) is 0 Å². The van der Waals surface area contributed by atoms with Crippen molar-refractivity contribution < 1.29 is 4.79 Å². The van der Waals surface area contributed by atoms with Crippen molar-refractivity contribution in [2.75, 3.05) is 29.1 Å². The lowest BCUT2D eigenvalue weighted by atomic mass is 10.1. The Kier molecular flexibility index (Phi) is 6.30. The molecule has 4 rings (SSSR count). The zero-order chi connectivity index (χ0) is 20.1. The first-order valence-electron chi connectivity index (χ1n) is 10.3. The summed E-state index contributed by atoms with van der Waals surface area (Å²) in [6, 6.07) is 16.0. The SMILES string of the molecule is CCc1ccc(NC(=O)CSc2nc(N3CCCCC3)nc3ccccc23)cc1. The molecule has 1 saturated heterocycles. The zero-order valence-corrected chi connectivity index (χ0v) is 17.5. The first-order chi connectivity index (χ1) is 14.2. The number of thioether (sulfide) groups is 1. The van der Waals surface area contributed by atoms with E-state index < -0.39 is 0 Å². The van der Waals surface area contributed by atoms with Crippen LogP contribution < -0.4 is 10.2 Å². The summed E-state index contributed by atoms with van der Waals surface area (Å²) in [5, 5.41) is 4.84. The summed E-state index contributed by atoms with van der Waals surface area (Å²) < 4.78 is 0. The molecule has 150 valence electrons. The van der Waals surface area contributed by atoms with Crippen LogP contribution in [0.15, 0.2) is 53.6 Å². The number of aryl methyl sites for hydroxylation is 1. The molecule has 1 N–H and O–H groups in total. The van der Waals surface area contributed by atoms with Crippen molar-refractivity contribution >= 4 is 40.2 Å². The van der Waals surface area contributed by atoms with E-state index in [-0.39, 0.29) is 5.91 Å². The summed E-state index contributed by atoms with van der Waals surface area (Å²) in [6.07, 6.45) is 4.62. The molecule has 29 heavy (non-hydrogen) atoms. The van der Waals surface area contributed by atoms with E-state index >= 15 is 0 Å². The van der Waals surface area contributed by atoms with E-state index in [4.69, 9.17) is 9.97 Å². The van der Waals surface area contributed by atoms with Crippen LogP contribution in [-0.4, -0.2) is 34.7 Å². The Bertz CT molecular complexity index is 984. The molecule has 0 radical (unpaired) electrons. The van der Waals surface area contributed by atoms with Crippen LogP contribution in [0.3, 0.4) is 0 Å². The second-order valence-corrected chi connectivity index (χ2v) is 8.24. The Morgan fingerprint density at radius 3 is 2.55 bits per heavy atom. The third-order valence-corrected chi connectivity index (χ3v) is 6.17. The molecule has 0 unspecified atom stereocenters. The van der Waals surface area contributed by atoms with E-state index in [2.05, 4.69) is 17.1 Å². The Hall–Kier alpha value is -2.60. The van der Waals surface area contributed by atoms with Crippen LogP contribution in [0.4, 0.5) is 11.6 Å². The molecule has 5 nitrogen and oxygen atoms in total. The second kappa shape index (κ2) is 9.27. The summed E-state index contributed by atoms with van der Waals surface area (Å²) >= 11 is 1.47. The fraction of sp³-hybridized carbons (Fsp3) is 0.348. The van der Waals surface area contributed by atoms with Crippen LogP contribution in [0.2, 0.25) is 0 Å². The van der Waals surface area contributed by atoms with Crippen LogP contribution in [0.5, 0.6) is 0 Å². The highest BCUT2D eigenvalue weighted by atomic mass is 32.2. The Morgan fingerprint density at radius 1 is 1.03 bits per heavy atom. The number of piperidine rings is 1. The maximum atomic E-state index is 12.5. The molecule has 0 aliphatic carbocycles. The van der Waals surface area contributed by atoms with Crippen molar-refractivity contribution in [2.45, 2.75) is 37.6 Å². The first kappa shape index (κ1) is 19.7. The molecule has 0 spiro atoms. The topological polar surface area (TPSA) is 58.1 Å². The summed E-state index contributed by atoms with van der Waals surface area (Å²) in [5.74, 6) is 1.07. The minimum Gasteiger partial charge on any atom is -0.341 e. The van der Waals surface area contributed by atoms with Gasteiger partial charge in [0.1, 0.15) is 5.03 Å². The van der Waals surface area contributed by atoms with Crippen LogP contribution in [-0.2, 0) is 11.2 Å². The van der Waals surface area contributed by atoms with E-state index in [9.17, 15) is 4.79 Å². The van der Waals surface area contributed by atoms with Gasteiger partial charge in [-0.15, -0.1) is 0 Å². The number of hydrogen-bond donors (Lipinski definition) is 1. The third-order valence-electron chi connectivity index (χ3n) is 5.18. The largest absolute Gasteiger partial charge is 0.341 e. The van der Waals surface area contributed by atoms with Gasteiger partial charge in [-0.2, -0.15) is 0 Å². The van der Waals surface area contributed by atoms with Gasteiger partial charge in [0.2, 0.25) is 11.9 Å². The first-order valence-corrected chi connectivity index (χ1v) is 11.2. The lowest BCUT2D eigenvalue weighted by Crippen LogP contribution is -2.31. The van der Waals surface area contributed by atoms with Gasteiger partial charge in [0.15, 0.2) is 0 Å². The molecule has 1 amide bonds. The van der Waals surface area contributed by atoms with Gasteiger partial charge in [0, 0.05) is 24.2 Å². The lowest BCUT2D eigenvalue weighted by molar-refractivity contribution is -0.113. The minimum atomic E-state index is -0.0264. The van der Waals surface area contributed by atoms with Gasteiger partial charge in [-0.05, 0) is 49.4 Å². The van der Waals surface area contributed by atoms with Gasteiger partial charge in [-0.25, -0.2) is 9.97 Å². The van der Waals surface area contributed by atoms with Crippen LogP contribution in [0.1, 0.15) is 31.7 Å². The highest BCUT2D eigenvalue weighted by Gasteiger charge is 2.17. The predicted octanol–water partition coefficient (Wildman–Crippen LogP) is 4.91. The molecular formula is C23H26N4OS. The van der Waals surface area contributed by atoms with Gasteiger partial charge < -0.3 is 10.2 Å². The zero-order valence-electron chi connectivity index (χ0n) is 16.7. The van der Waals surface area contributed by atoms with Crippen molar-refractivity contribution in [3.05, 3.63) is 54.1 Å². The number of rotatable bonds is 6. The maximum Gasteiger partial charge on any atom is 0.234 e. The molecule has 0 saturated carbocycles. The number of anilines is 2. The van der Waals surface area contributed by atoms with Crippen molar-refractivity contribution in [1.29, 1.82) is 0 Å². The Labute approximate surface area is 175 Å². The molecule has 3 aromatic rings. The number of carbonyl (C=O) groups excluding carboxylic acids is 1.